The van der Waals surface area contributed by atoms with Crippen LogP contribution in [0.4, 0.5) is 0 Å². The largest absolute Gasteiger partial charge is 0.454 e. The molecule has 0 unspecified atom stereocenters. The average Bonchev–Trinajstić information content (AvgIpc) is 3.72. The van der Waals surface area contributed by atoms with Gasteiger partial charge in [-0.3, -0.25) is 4.98 Å². The van der Waals surface area contributed by atoms with Crippen molar-refractivity contribution in [1.29, 1.82) is 0 Å². The second kappa shape index (κ2) is 10.8. The van der Waals surface area contributed by atoms with E-state index < -0.39 is 0 Å². The monoisotopic (exact) mass is 630 g/mol. The van der Waals surface area contributed by atoms with Gasteiger partial charge < -0.3 is 13.9 Å². The van der Waals surface area contributed by atoms with Gasteiger partial charge in [0.1, 0.15) is 5.58 Å². The molecule has 49 heavy (non-hydrogen) atoms. The third kappa shape index (κ3) is 4.26. The number of rotatable bonds is 4. The SMILES string of the molecule is CN1CC=CC=C1c1cc(-c2ccc(-n3c4ccccc4c4c5ccccc5c5c6ccccc6oc5c43)cc2)cc(-c2ccccn2)n1. The highest BCUT2D eigenvalue weighted by Gasteiger charge is 2.23. The standard InChI is InChI=1S/C44H30N4O/c1-47-25-11-9-18-39(47)37-27-29(26-36(46-37)35-16-8-10-24-45-35)28-20-22-30(23-21-28)48-38-17-6-4-14-33(38)41-31-12-2-3-13-32(31)42-34-15-5-7-19-40(34)49-44(42)43(41)48/h2-24,26-27H,25H2,1H3. The van der Waals surface area contributed by atoms with Crippen LogP contribution in [0.5, 0.6) is 0 Å². The molecule has 0 N–H and O–H groups in total. The first kappa shape index (κ1) is 27.6. The van der Waals surface area contributed by atoms with E-state index in [-0.39, 0.29) is 0 Å². The summed E-state index contributed by atoms with van der Waals surface area (Å²) in [4.78, 5) is 11.9. The lowest BCUT2D eigenvalue weighted by Gasteiger charge is -2.24. The van der Waals surface area contributed by atoms with Crippen molar-refractivity contribution in [2.45, 2.75) is 0 Å². The Labute approximate surface area is 282 Å². The van der Waals surface area contributed by atoms with Crippen LogP contribution in [0.2, 0.25) is 0 Å². The molecule has 5 nitrogen and oxygen atoms in total. The van der Waals surface area contributed by atoms with Crippen molar-refractivity contribution in [3.63, 3.8) is 0 Å². The number of aromatic nitrogens is 3. The zero-order chi connectivity index (χ0) is 32.5. The molecule has 0 fully saturated rings. The summed E-state index contributed by atoms with van der Waals surface area (Å²) in [6, 6.07) is 44.9. The van der Waals surface area contributed by atoms with Crippen molar-refractivity contribution in [2.24, 2.45) is 0 Å². The zero-order valence-electron chi connectivity index (χ0n) is 26.8. The van der Waals surface area contributed by atoms with Gasteiger partial charge in [0.25, 0.3) is 0 Å². The summed E-state index contributed by atoms with van der Waals surface area (Å²) >= 11 is 0. The minimum Gasteiger partial charge on any atom is -0.454 e. The van der Waals surface area contributed by atoms with Gasteiger partial charge in [-0.25, -0.2) is 4.98 Å². The van der Waals surface area contributed by atoms with E-state index in [1.165, 1.54) is 21.5 Å². The van der Waals surface area contributed by atoms with E-state index in [0.29, 0.717) is 0 Å². The number of para-hydroxylation sites is 2. The summed E-state index contributed by atoms with van der Waals surface area (Å²) in [6.45, 7) is 0.845. The fourth-order valence-electron chi connectivity index (χ4n) is 7.56. The molecule has 4 aromatic heterocycles. The highest BCUT2D eigenvalue weighted by molar-refractivity contribution is 6.35. The third-order valence-electron chi connectivity index (χ3n) is 9.81. The van der Waals surface area contributed by atoms with Crippen LogP contribution < -0.4 is 0 Å². The molecule has 0 saturated carbocycles. The molecule has 0 atom stereocenters. The average molecular weight is 631 g/mol. The van der Waals surface area contributed by atoms with Crippen molar-refractivity contribution in [3.8, 4) is 28.2 Å². The molecular weight excluding hydrogens is 601 g/mol. The van der Waals surface area contributed by atoms with E-state index in [0.717, 1.165) is 79.1 Å². The maximum absolute atomic E-state index is 6.75. The van der Waals surface area contributed by atoms with Gasteiger partial charge in [-0.05, 0) is 76.5 Å². The molecule has 0 aliphatic carbocycles. The van der Waals surface area contributed by atoms with Gasteiger partial charge in [0, 0.05) is 47.0 Å². The highest BCUT2D eigenvalue weighted by atomic mass is 16.3. The van der Waals surface area contributed by atoms with Gasteiger partial charge >= 0.3 is 0 Å². The van der Waals surface area contributed by atoms with Gasteiger partial charge in [-0.1, -0.05) is 91.0 Å². The lowest BCUT2D eigenvalue weighted by atomic mass is 9.99. The Morgan fingerprint density at radius 1 is 0.633 bits per heavy atom. The summed E-state index contributed by atoms with van der Waals surface area (Å²) in [5, 5.41) is 7.14. The predicted molar refractivity (Wildman–Crippen MR) is 202 cm³/mol. The number of fused-ring (bicyclic) bond motifs is 10. The first-order valence-electron chi connectivity index (χ1n) is 16.6. The molecule has 1 aliphatic heterocycles. The lowest BCUT2D eigenvalue weighted by Crippen LogP contribution is -2.19. The molecule has 0 spiro atoms. The van der Waals surface area contributed by atoms with Gasteiger partial charge in [0.15, 0.2) is 5.58 Å². The second-order valence-electron chi connectivity index (χ2n) is 12.7. The zero-order valence-corrected chi connectivity index (χ0v) is 26.8. The summed E-state index contributed by atoms with van der Waals surface area (Å²) in [7, 11) is 2.10. The first-order valence-corrected chi connectivity index (χ1v) is 16.6. The van der Waals surface area contributed by atoms with Crippen LogP contribution >= 0.6 is 0 Å². The Morgan fingerprint density at radius 3 is 2.14 bits per heavy atom. The first-order chi connectivity index (χ1) is 24.2. The van der Waals surface area contributed by atoms with Crippen LogP contribution in [0.15, 0.2) is 156 Å². The van der Waals surface area contributed by atoms with Crippen molar-refractivity contribution in [1.82, 2.24) is 19.4 Å². The fraction of sp³-hybridized carbons (Fsp3) is 0.0455. The Morgan fingerprint density at radius 2 is 1.35 bits per heavy atom. The van der Waals surface area contributed by atoms with Crippen LogP contribution in [0.1, 0.15) is 5.69 Å². The number of pyridine rings is 2. The minimum atomic E-state index is 0.845. The third-order valence-corrected chi connectivity index (χ3v) is 9.81. The molecular formula is C44H30N4O. The van der Waals surface area contributed by atoms with Crippen LogP contribution in [-0.2, 0) is 0 Å². The van der Waals surface area contributed by atoms with E-state index in [1.54, 1.807) is 0 Å². The maximum atomic E-state index is 6.75. The minimum absolute atomic E-state index is 0.845. The van der Waals surface area contributed by atoms with Gasteiger partial charge in [0.05, 0.1) is 33.8 Å². The van der Waals surface area contributed by atoms with Crippen LogP contribution in [0.25, 0.3) is 88.4 Å². The van der Waals surface area contributed by atoms with Gasteiger partial charge in [-0.2, -0.15) is 0 Å². The molecule has 9 aromatic rings. The molecule has 1 aliphatic rings. The Bertz CT molecular complexity index is 2800. The molecule has 0 bridgehead atoms. The van der Waals surface area contributed by atoms with E-state index in [2.05, 4.69) is 143 Å². The van der Waals surface area contributed by atoms with Gasteiger partial charge in [-0.15, -0.1) is 0 Å². The van der Waals surface area contributed by atoms with Crippen LogP contribution in [0.3, 0.4) is 0 Å². The molecule has 232 valence electrons. The highest BCUT2D eigenvalue weighted by Crippen LogP contribution is 2.45. The molecule has 5 heteroatoms. The number of hydrogen-bond donors (Lipinski definition) is 0. The summed E-state index contributed by atoms with van der Waals surface area (Å²) in [5.41, 5.74) is 11.0. The molecule has 10 rings (SSSR count). The number of allylic oxidation sites excluding steroid dienone is 2. The second-order valence-corrected chi connectivity index (χ2v) is 12.7. The molecule has 5 heterocycles. The maximum Gasteiger partial charge on any atom is 0.160 e. The lowest BCUT2D eigenvalue weighted by molar-refractivity contribution is 0.529. The van der Waals surface area contributed by atoms with E-state index in [4.69, 9.17) is 9.40 Å². The van der Waals surface area contributed by atoms with E-state index in [9.17, 15) is 0 Å². The number of hydrogen-bond acceptors (Lipinski definition) is 4. The van der Waals surface area contributed by atoms with Crippen molar-refractivity contribution in [2.75, 3.05) is 13.6 Å². The molecule has 0 radical (unpaired) electrons. The summed E-state index contributed by atoms with van der Waals surface area (Å²) in [5.74, 6) is 0. The fourth-order valence-corrected chi connectivity index (χ4v) is 7.56. The van der Waals surface area contributed by atoms with E-state index in [1.807, 2.05) is 30.5 Å². The number of likely N-dealkylation sites (N-methyl/N-ethyl adjacent to an activating group) is 1. The predicted octanol–water partition coefficient (Wildman–Crippen LogP) is 10.8. The normalized spacial score (nSPS) is 13.3. The quantitative estimate of drug-likeness (QED) is 0.194. The van der Waals surface area contributed by atoms with Crippen LogP contribution in [-0.4, -0.2) is 33.0 Å². The molecule has 5 aromatic carbocycles. The molecule has 0 saturated heterocycles. The Kier molecular flexibility index (Phi) is 6.09. The topological polar surface area (TPSA) is 47.1 Å². The Hall–Kier alpha value is -6.46. The number of benzene rings is 5. The number of nitrogens with zero attached hydrogens (tertiary/aromatic N) is 4. The van der Waals surface area contributed by atoms with Crippen molar-refractivity contribution in [3.05, 3.63) is 158 Å². The smallest absolute Gasteiger partial charge is 0.160 e. The summed E-state index contributed by atoms with van der Waals surface area (Å²) < 4.78 is 9.12. The van der Waals surface area contributed by atoms with Gasteiger partial charge in [0.2, 0.25) is 0 Å². The van der Waals surface area contributed by atoms with Crippen molar-refractivity contribution >= 4 is 60.2 Å². The Balaban J connectivity index is 1.20. The van der Waals surface area contributed by atoms with Crippen molar-refractivity contribution < 1.29 is 4.42 Å². The number of furan rings is 1. The van der Waals surface area contributed by atoms with E-state index >= 15 is 0 Å². The molecule has 0 amide bonds. The summed E-state index contributed by atoms with van der Waals surface area (Å²) in [6.07, 6.45) is 8.21. The van der Waals surface area contributed by atoms with Crippen LogP contribution in [0, 0.1) is 0 Å².